The highest BCUT2D eigenvalue weighted by Crippen LogP contribution is 2.28. The van der Waals surface area contributed by atoms with E-state index < -0.39 is 34.8 Å². The normalized spacial score (nSPS) is 10.8. The predicted octanol–water partition coefficient (Wildman–Crippen LogP) is 4.01. The maximum atomic E-state index is 13.4. The minimum Gasteiger partial charge on any atom is -0.507 e. The number of hydrogen-bond donors (Lipinski definition) is 2. The third kappa shape index (κ3) is 2.63. The van der Waals surface area contributed by atoms with Gasteiger partial charge >= 0.3 is 0 Å². The number of para-hydroxylation sites is 1. The number of halogens is 5. The molecular weight excluding hydrogens is 293 g/mol. The fraction of sp³-hybridized carbons (Fsp3) is 0.143. The van der Waals surface area contributed by atoms with Gasteiger partial charge in [0.25, 0.3) is 0 Å². The first-order valence-corrected chi connectivity index (χ1v) is 5.87. The zero-order valence-corrected chi connectivity index (χ0v) is 10.8. The van der Waals surface area contributed by atoms with E-state index in [-0.39, 0.29) is 17.9 Å². The van der Waals surface area contributed by atoms with Crippen molar-refractivity contribution in [2.24, 2.45) is 0 Å². The van der Waals surface area contributed by atoms with E-state index >= 15 is 0 Å². The number of phenols is 1. The molecule has 2 nitrogen and oxygen atoms in total. The summed E-state index contributed by atoms with van der Waals surface area (Å²) in [5, 5.41) is 11.8. The summed E-state index contributed by atoms with van der Waals surface area (Å²) in [7, 11) is 0. The van der Waals surface area contributed by atoms with Crippen LogP contribution in [0.2, 0.25) is 0 Å². The van der Waals surface area contributed by atoms with Crippen LogP contribution in [0.5, 0.6) is 5.75 Å². The molecule has 21 heavy (non-hydrogen) atoms. The Morgan fingerprint density at radius 1 is 0.905 bits per heavy atom. The third-order valence-electron chi connectivity index (χ3n) is 2.99. The van der Waals surface area contributed by atoms with Crippen LogP contribution in [-0.2, 0) is 6.54 Å². The second-order valence-corrected chi connectivity index (χ2v) is 4.38. The lowest BCUT2D eigenvalue weighted by Crippen LogP contribution is -2.10. The highest BCUT2D eigenvalue weighted by Gasteiger charge is 2.25. The Kier molecular flexibility index (Phi) is 4.02. The summed E-state index contributed by atoms with van der Waals surface area (Å²) < 4.78 is 65.8. The quantitative estimate of drug-likeness (QED) is 0.510. The van der Waals surface area contributed by atoms with E-state index in [9.17, 15) is 27.1 Å². The molecule has 0 aliphatic rings. The van der Waals surface area contributed by atoms with Crippen LogP contribution in [0.25, 0.3) is 0 Å². The molecule has 2 rings (SSSR count). The summed E-state index contributed by atoms with van der Waals surface area (Å²) in [6.45, 7) is 1.31. The predicted molar refractivity (Wildman–Crippen MR) is 66.4 cm³/mol. The lowest BCUT2D eigenvalue weighted by atomic mass is 10.1. The lowest BCUT2D eigenvalue weighted by molar-refractivity contribution is 0.381. The zero-order valence-electron chi connectivity index (χ0n) is 10.8. The summed E-state index contributed by atoms with van der Waals surface area (Å²) in [6.07, 6.45) is 0. The zero-order chi connectivity index (χ0) is 15.7. The summed E-state index contributed by atoms with van der Waals surface area (Å²) in [5.74, 6) is -10.3. The maximum Gasteiger partial charge on any atom is 0.200 e. The van der Waals surface area contributed by atoms with Crippen molar-refractivity contribution >= 4 is 5.69 Å². The van der Waals surface area contributed by atoms with Gasteiger partial charge < -0.3 is 10.4 Å². The smallest absolute Gasteiger partial charge is 0.200 e. The fourth-order valence-corrected chi connectivity index (χ4v) is 1.81. The van der Waals surface area contributed by atoms with E-state index in [0.29, 0.717) is 5.56 Å². The van der Waals surface area contributed by atoms with Crippen molar-refractivity contribution in [2.45, 2.75) is 13.5 Å². The van der Waals surface area contributed by atoms with Crippen LogP contribution in [0, 0.1) is 36.0 Å². The molecule has 112 valence electrons. The number of benzene rings is 2. The van der Waals surface area contributed by atoms with E-state index in [2.05, 4.69) is 5.32 Å². The van der Waals surface area contributed by atoms with Crippen LogP contribution >= 0.6 is 0 Å². The number of hydrogen-bond acceptors (Lipinski definition) is 2. The highest BCUT2D eigenvalue weighted by atomic mass is 19.2. The van der Waals surface area contributed by atoms with Crippen molar-refractivity contribution < 1.29 is 27.1 Å². The van der Waals surface area contributed by atoms with E-state index in [0.717, 1.165) is 0 Å². The van der Waals surface area contributed by atoms with Gasteiger partial charge in [-0.25, -0.2) is 22.0 Å². The first kappa shape index (κ1) is 15.1. The number of aryl methyl sites for hydroxylation is 1. The van der Waals surface area contributed by atoms with Crippen molar-refractivity contribution in [3.63, 3.8) is 0 Å². The second-order valence-electron chi connectivity index (χ2n) is 4.38. The van der Waals surface area contributed by atoms with Crippen molar-refractivity contribution in [2.75, 3.05) is 5.32 Å². The van der Waals surface area contributed by atoms with Crippen LogP contribution in [-0.4, -0.2) is 5.11 Å². The molecule has 0 aromatic heterocycles. The fourth-order valence-electron chi connectivity index (χ4n) is 1.81. The molecule has 0 saturated carbocycles. The molecule has 2 N–H and O–H groups in total. The molecule has 2 aromatic carbocycles. The number of rotatable bonds is 3. The number of nitrogens with one attached hydrogen (secondary N) is 1. The summed E-state index contributed by atoms with van der Waals surface area (Å²) in [5.41, 5.74) is -0.349. The molecule has 2 aromatic rings. The Hall–Kier alpha value is -2.31. The molecule has 0 saturated heterocycles. The molecular formula is C14H10F5NO. The molecule has 0 unspecified atom stereocenters. The van der Waals surface area contributed by atoms with Gasteiger partial charge in [0, 0.05) is 12.1 Å². The third-order valence-corrected chi connectivity index (χ3v) is 2.99. The first-order chi connectivity index (χ1) is 9.84. The molecule has 0 heterocycles. The van der Waals surface area contributed by atoms with Gasteiger partial charge in [-0.05, 0) is 12.5 Å². The maximum absolute atomic E-state index is 13.4. The molecule has 0 aliphatic carbocycles. The van der Waals surface area contributed by atoms with Crippen LogP contribution in [0.15, 0.2) is 18.2 Å². The van der Waals surface area contributed by atoms with Crippen LogP contribution in [0.3, 0.4) is 0 Å². The van der Waals surface area contributed by atoms with Crippen molar-refractivity contribution in [3.05, 3.63) is 58.4 Å². The molecule has 0 aliphatic heterocycles. The summed E-state index contributed by atoms with van der Waals surface area (Å²) in [6, 6.07) is 4.66. The minimum atomic E-state index is -2.21. The lowest BCUT2D eigenvalue weighted by Gasteiger charge is -2.12. The van der Waals surface area contributed by atoms with Crippen LogP contribution in [0.1, 0.15) is 11.1 Å². The van der Waals surface area contributed by atoms with E-state index in [1.54, 1.807) is 19.1 Å². The average molecular weight is 303 g/mol. The molecule has 0 fully saturated rings. The SMILES string of the molecule is Cc1cccc(CNc2c(F)c(F)c(F)c(F)c2F)c1O. The van der Waals surface area contributed by atoms with Gasteiger partial charge in [0.15, 0.2) is 23.3 Å². The number of phenolic OH excluding ortho intramolecular Hbond substituents is 1. The molecule has 0 spiro atoms. The van der Waals surface area contributed by atoms with Gasteiger partial charge in [-0.15, -0.1) is 0 Å². The Bertz CT molecular complexity index is 673. The van der Waals surface area contributed by atoms with Gasteiger partial charge in [0.1, 0.15) is 11.4 Å². The molecule has 7 heteroatoms. The Morgan fingerprint density at radius 2 is 1.43 bits per heavy atom. The molecule has 0 radical (unpaired) electrons. The van der Waals surface area contributed by atoms with Crippen LogP contribution in [0.4, 0.5) is 27.6 Å². The Morgan fingerprint density at radius 3 is 2.00 bits per heavy atom. The molecule has 0 amide bonds. The van der Waals surface area contributed by atoms with E-state index in [1.165, 1.54) is 6.07 Å². The Labute approximate surface area is 116 Å². The highest BCUT2D eigenvalue weighted by molar-refractivity contribution is 5.49. The van der Waals surface area contributed by atoms with Crippen molar-refractivity contribution in [1.82, 2.24) is 0 Å². The van der Waals surface area contributed by atoms with Gasteiger partial charge in [-0.2, -0.15) is 0 Å². The summed E-state index contributed by atoms with van der Waals surface area (Å²) in [4.78, 5) is 0. The standard InChI is InChI=1S/C14H10F5NO/c1-6-3-2-4-7(14(6)21)5-20-13-11(18)9(16)8(15)10(17)12(13)19/h2-4,20-21H,5H2,1H3. The minimum absolute atomic E-state index is 0.117. The summed E-state index contributed by atoms with van der Waals surface area (Å²) >= 11 is 0. The monoisotopic (exact) mass is 303 g/mol. The molecule has 0 atom stereocenters. The largest absolute Gasteiger partial charge is 0.507 e. The topological polar surface area (TPSA) is 32.3 Å². The van der Waals surface area contributed by atoms with Gasteiger partial charge in [0.05, 0.1) is 0 Å². The average Bonchev–Trinajstić information content (AvgIpc) is 2.47. The van der Waals surface area contributed by atoms with Crippen LogP contribution < -0.4 is 5.32 Å². The van der Waals surface area contributed by atoms with E-state index in [1.807, 2.05) is 0 Å². The second kappa shape index (κ2) is 5.59. The molecule has 0 bridgehead atoms. The first-order valence-electron chi connectivity index (χ1n) is 5.87. The van der Waals surface area contributed by atoms with E-state index in [4.69, 9.17) is 0 Å². The van der Waals surface area contributed by atoms with Gasteiger partial charge in [-0.3, -0.25) is 0 Å². The van der Waals surface area contributed by atoms with Gasteiger partial charge in [-0.1, -0.05) is 18.2 Å². The van der Waals surface area contributed by atoms with Crippen molar-refractivity contribution in [1.29, 1.82) is 0 Å². The van der Waals surface area contributed by atoms with Gasteiger partial charge in [0.2, 0.25) is 5.82 Å². The Balaban J connectivity index is 2.35. The number of anilines is 1. The van der Waals surface area contributed by atoms with Crippen molar-refractivity contribution in [3.8, 4) is 5.75 Å². The number of aromatic hydroxyl groups is 1.